The maximum atomic E-state index is 6.26. The Morgan fingerprint density at radius 1 is 0.311 bits per heavy atom. The summed E-state index contributed by atoms with van der Waals surface area (Å²) < 4.78 is 6.26. The Kier molecular flexibility index (Phi) is 5.78. The van der Waals surface area contributed by atoms with Gasteiger partial charge in [-0.25, -0.2) is 15.0 Å². The minimum Gasteiger partial charge on any atom is -0.456 e. The molecule has 0 aliphatic heterocycles. The van der Waals surface area contributed by atoms with Crippen LogP contribution in [0.15, 0.2) is 156 Å². The monoisotopic (exact) mass is 575 g/mol. The predicted octanol–water partition coefficient (Wildman–Crippen LogP) is 10.7. The molecule has 0 fully saturated rings. The Morgan fingerprint density at radius 2 is 0.822 bits per heavy atom. The van der Waals surface area contributed by atoms with Crippen LogP contribution in [0.4, 0.5) is 0 Å². The molecule has 4 nitrogen and oxygen atoms in total. The lowest BCUT2D eigenvalue weighted by Crippen LogP contribution is -2.00. The second-order valence-electron chi connectivity index (χ2n) is 11.3. The predicted molar refractivity (Wildman–Crippen MR) is 184 cm³/mol. The minimum absolute atomic E-state index is 0.620. The SMILES string of the molecule is c1ccc(-c2nc(-c3ccc(-c4ccc5ccccc5c4)cc3)nc(-c3ccc4oc5cc6ccccc6cc5c4c3)n2)cc1. The third kappa shape index (κ3) is 4.52. The molecule has 210 valence electrons. The van der Waals surface area contributed by atoms with Gasteiger partial charge in [0.25, 0.3) is 0 Å². The van der Waals surface area contributed by atoms with Gasteiger partial charge in [-0.15, -0.1) is 0 Å². The number of furan rings is 1. The topological polar surface area (TPSA) is 51.8 Å². The second-order valence-corrected chi connectivity index (χ2v) is 11.3. The minimum atomic E-state index is 0.620. The highest BCUT2D eigenvalue weighted by molar-refractivity contribution is 6.10. The summed E-state index contributed by atoms with van der Waals surface area (Å²) in [5.41, 5.74) is 6.81. The van der Waals surface area contributed by atoms with E-state index in [-0.39, 0.29) is 0 Å². The highest BCUT2D eigenvalue weighted by Gasteiger charge is 2.15. The van der Waals surface area contributed by atoms with Crippen LogP contribution in [-0.4, -0.2) is 15.0 Å². The highest BCUT2D eigenvalue weighted by Crippen LogP contribution is 2.35. The smallest absolute Gasteiger partial charge is 0.164 e. The average Bonchev–Trinajstić information content (AvgIpc) is 3.47. The van der Waals surface area contributed by atoms with E-state index in [9.17, 15) is 0 Å². The first-order valence-electron chi connectivity index (χ1n) is 15.0. The summed E-state index contributed by atoms with van der Waals surface area (Å²) in [7, 11) is 0. The van der Waals surface area contributed by atoms with Gasteiger partial charge in [0.1, 0.15) is 11.2 Å². The van der Waals surface area contributed by atoms with E-state index in [0.717, 1.165) is 49.6 Å². The average molecular weight is 576 g/mol. The summed E-state index contributed by atoms with van der Waals surface area (Å²) in [6, 6.07) is 52.4. The zero-order chi connectivity index (χ0) is 29.7. The summed E-state index contributed by atoms with van der Waals surface area (Å²) in [4.78, 5) is 14.9. The van der Waals surface area contributed by atoms with Gasteiger partial charge in [0.15, 0.2) is 17.5 Å². The van der Waals surface area contributed by atoms with Crippen molar-refractivity contribution in [2.24, 2.45) is 0 Å². The van der Waals surface area contributed by atoms with E-state index < -0.39 is 0 Å². The molecular formula is C41H25N3O. The number of benzene rings is 7. The Morgan fingerprint density at radius 3 is 1.56 bits per heavy atom. The van der Waals surface area contributed by atoms with Gasteiger partial charge in [-0.1, -0.05) is 115 Å². The van der Waals surface area contributed by atoms with Crippen LogP contribution in [0.3, 0.4) is 0 Å². The first kappa shape index (κ1) is 25.4. The van der Waals surface area contributed by atoms with Gasteiger partial charge in [-0.3, -0.25) is 0 Å². The summed E-state index contributed by atoms with van der Waals surface area (Å²) in [6.45, 7) is 0. The number of rotatable bonds is 4. The largest absolute Gasteiger partial charge is 0.456 e. The first-order valence-corrected chi connectivity index (χ1v) is 15.0. The van der Waals surface area contributed by atoms with Crippen LogP contribution in [0.2, 0.25) is 0 Å². The van der Waals surface area contributed by atoms with Gasteiger partial charge in [0.05, 0.1) is 0 Å². The summed E-state index contributed by atoms with van der Waals surface area (Å²) >= 11 is 0. The van der Waals surface area contributed by atoms with Crippen LogP contribution in [0.25, 0.3) is 88.8 Å². The van der Waals surface area contributed by atoms with Crippen molar-refractivity contribution in [1.82, 2.24) is 15.0 Å². The van der Waals surface area contributed by atoms with Crippen molar-refractivity contribution in [2.45, 2.75) is 0 Å². The molecule has 0 unspecified atom stereocenters. The molecule has 0 spiro atoms. The van der Waals surface area contributed by atoms with Gasteiger partial charge in [-0.05, 0) is 69.1 Å². The normalized spacial score (nSPS) is 11.6. The van der Waals surface area contributed by atoms with Gasteiger partial charge in [-0.2, -0.15) is 0 Å². The van der Waals surface area contributed by atoms with Crippen molar-refractivity contribution in [2.75, 3.05) is 0 Å². The molecule has 2 heterocycles. The molecule has 0 bridgehead atoms. The van der Waals surface area contributed by atoms with E-state index in [0.29, 0.717) is 17.5 Å². The molecular weight excluding hydrogens is 550 g/mol. The lowest BCUT2D eigenvalue weighted by atomic mass is 10.00. The van der Waals surface area contributed by atoms with Crippen LogP contribution < -0.4 is 0 Å². The maximum Gasteiger partial charge on any atom is 0.164 e. The number of hydrogen-bond donors (Lipinski definition) is 0. The van der Waals surface area contributed by atoms with Crippen molar-refractivity contribution in [3.05, 3.63) is 152 Å². The fraction of sp³-hybridized carbons (Fsp3) is 0. The fourth-order valence-corrected chi connectivity index (χ4v) is 6.13. The van der Waals surface area contributed by atoms with E-state index >= 15 is 0 Å². The first-order chi connectivity index (χ1) is 22.2. The third-order valence-corrected chi connectivity index (χ3v) is 8.49. The molecule has 9 rings (SSSR count). The summed E-state index contributed by atoms with van der Waals surface area (Å²) in [6.07, 6.45) is 0. The highest BCUT2D eigenvalue weighted by atomic mass is 16.3. The zero-order valence-electron chi connectivity index (χ0n) is 24.2. The molecule has 0 radical (unpaired) electrons. The molecule has 0 atom stereocenters. The van der Waals surface area contributed by atoms with Crippen LogP contribution in [-0.2, 0) is 0 Å². The van der Waals surface area contributed by atoms with Crippen molar-refractivity contribution in [3.63, 3.8) is 0 Å². The number of aromatic nitrogens is 3. The van der Waals surface area contributed by atoms with E-state index in [1.807, 2.05) is 42.5 Å². The molecule has 9 aromatic rings. The van der Waals surface area contributed by atoms with Gasteiger partial charge >= 0.3 is 0 Å². The van der Waals surface area contributed by atoms with Crippen LogP contribution in [0, 0.1) is 0 Å². The van der Waals surface area contributed by atoms with Crippen molar-refractivity contribution >= 4 is 43.5 Å². The quantitative estimate of drug-likeness (QED) is 0.209. The number of nitrogens with zero attached hydrogens (tertiary/aromatic N) is 3. The lowest BCUT2D eigenvalue weighted by Gasteiger charge is -2.09. The van der Waals surface area contributed by atoms with Gasteiger partial charge < -0.3 is 4.42 Å². The number of fused-ring (bicyclic) bond motifs is 5. The van der Waals surface area contributed by atoms with Crippen LogP contribution in [0.1, 0.15) is 0 Å². The van der Waals surface area contributed by atoms with Gasteiger partial charge in [0.2, 0.25) is 0 Å². The van der Waals surface area contributed by atoms with E-state index in [1.165, 1.54) is 21.7 Å². The molecule has 2 aromatic heterocycles. The molecule has 0 saturated carbocycles. The fourth-order valence-electron chi connectivity index (χ4n) is 6.13. The Hall–Kier alpha value is -6.13. The molecule has 7 aromatic carbocycles. The molecule has 0 amide bonds. The van der Waals surface area contributed by atoms with Crippen LogP contribution in [0.5, 0.6) is 0 Å². The molecule has 45 heavy (non-hydrogen) atoms. The summed E-state index contributed by atoms with van der Waals surface area (Å²) in [5.74, 6) is 1.89. The second kappa shape index (κ2) is 10.2. The Labute approximate surface area is 259 Å². The molecule has 0 aliphatic rings. The van der Waals surface area contributed by atoms with Gasteiger partial charge in [0, 0.05) is 27.5 Å². The van der Waals surface area contributed by atoms with E-state index in [2.05, 4.69) is 109 Å². The Balaban J connectivity index is 1.16. The third-order valence-electron chi connectivity index (χ3n) is 8.49. The van der Waals surface area contributed by atoms with E-state index in [1.54, 1.807) is 0 Å². The van der Waals surface area contributed by atoms with Crippen molar-refractivity contribution in [1.29, 1.82) is 0 Å². The molecule has 0 aliphatic carbocycles. The molecule has 0 N–H and O–H groups in total. The molecule has 4 heteroatoms. The maximum absolute atomic E-state index is 6.26. The summed E-state index contributed by atoms with van der Waals surface area (Å²) in [5, 5.41) is 6.91. The standard InChI is InChI=1S/C41H25N3O/c1-2-9-28(10-3-1)39-42-40(29-17-14-27(15-18-29)33-19-16-26-8-4-5-11-30(26)22-33)44-41(43-39)34-20-21-37-35(24-34)36-23-31-12-6-7-13-32(31)25-38(36)45-37/h1-25H. The van der Waals surface area contributed by atoms with Crippen molar-refractivity contribution < 1.29 is 4.42 Å². The van der Waals surface area contributed by atoms with E-state index in [4.69, 9.17) is 19.4 Å². The van der Waals surface area contributed by atoms with Crippen LogP contribution >= 0.6 is 0 Å². The zero-order valence-corrected chi connectivity index (χ0v) is 24.2. The van der Waals surface area contributed by atoms with Crippen molar-refractivity contribution in [3.8, 4) is 45.3 Å². The number of hydrogen-bond acceptors (Lipinski definition) is 4. The Bertz CT molecular complexity index is 2530. The lowest BCUT2D eigenvalue weighted by molar-refractivity contribution is 0.669. The molecule has 0 saturated heterocycles.